The standard InChI is InChI=1S/C15H14BrNO3S/c1-9-3-4-10(2)11(7-9)17-14(18)8-20-15(19)12-5-6-13(16)21-12/h3-7H,8H2,1-2H3,(H,17,18). The molecule has 2 aromatic rings. The van der Waals surface area contributed by atoms with E-state index in [4.69, 9.17) is 4.74 Å². The fourth-order valence-electron chi connectivity index (χ4n) is 1.68. The smallest absolute Gasteiger partial charge is 0.348 e. The van der Waals surface area contributed by atoms with Gasteiger partial charge in [0.25, 0.3) is 5.91 Å². The third kappa shape index (κ3) is 4.41. The SMILES string of the molecule is Cc1ccc(C)c(NC(=O)COC(=O)c2ccc(Br)s2)c1. The molecular weight excluding hydrogens is 354 g/mol. The number of benzene rings is 1. The number of hydrogen-bond donors (Lipinski definition) is 1. The number of aryl methyl sites for hydroxylation is 2. The Morgan fingerprint density at radius 1 is 1.24 bits per heavy atom. The van der Waals surface area contributed by atoms with Crippen LogP contribution in [0.25, 0.3) is 0 Å². The lowest BCUT2D eigenvalue weighted by molar-refractivity contribution is -0.119. The molecule has 0 fully saturated rings. The van der Waals surface area contributed by atoms with Crippen LogP contribution in [0.5, 0.6) is 0 Å². The Balaban J connectivity index is 1.90. The minimum atomic E-state index is -0.498. The number of amides is 1. The minimum Gasteiger partial charge on any atom is -0.451 e. The number of carbonyl (C=O) groups is 2. The van der Waals surface area contributed by atoms with Crippen LogP contribution in [0.2, 0.25) is 0 Å². The molecule has 1 amide bonds. The second-order valence-electron chi connectivity index (χ2n) is 4.55. The summed E-state index contributed by atoms with van der Waals surface area (Å²) < 4.78 is 5.83. The van der Waals surface area contributed by atoms with Crippen molar-refractivity contribution in [2.24, 2.45) is 0 Å². The molecule has 1 aromatic heterocycles. The van der Waals surface area contributed by atoms with Crippen LogP contribution < -0.4 is 5.32 Å². The Morgan fingerprint density at radius 3 is 2.67 bits per heavy atom. The average Bonchev–Trinajstić information content (AvgIpc) is 2.87. The van der Waals surface area contributed by atoms with Crippen molar-refractivity contribution >= 4 is 44.8 Å². The van der Waals surface area contributed by atoms with Gasteiger partial charge in [0.05, 0.1) is 3.79 Å². The maximum Gasteiger partial charge on any atom is 0.348 e. The molecule has 110 valence electrons. The number of hydrogen-bond acceptors (Lipinski definition) is 4. The number of halogens is 1. The van der Waals surface area contributed by atoms with Crippen molar-refractivity contribution in [1.29, 1.82) is 0 Å². The van der Waals surface area contributed by atoms with Gasteiger partial charge in [-0.1, -0.05) is 12.1 Å². The van der Waals surface area contributed by atoms with E-state index in [1.165, 1.54) is 11.3 Å². The van der Waals surface area contributed by atoms with Crippen molar-refractivity contribution in [3.63, 3.8) is 0 Å². The van der Waals surface area contributed by atoms with Gasteiger partial charge < -0.3 is 10.1 Å². The molecule has 0 aliphatic rings. The van der Waals surface area contributed by atoms with Crippen LogP contribution in [0.4, 0.5) is 5.69 Å². The molecule has 0 bridgehead atoms. The number of esters is 1. The first-order valence-corrected chi connectivity index (χ1v) is 7.86. The lowest BCUT2D eigenvalue weighted by Crippen LogP contribution is -2.21. The molecule has 0 saturated carbocycles. The summed E-state index contributed by atoms with van der Waals surface area (Å²) in [5.41, 5.74) is 2.74. The highest BCUT2D eigenvalue weighted by atomic mass is 79.9. The first-order chi connectivity index (χ1) is 9.95. The number of anilines is 1. The van der Waals surface area contributed by atoms with Gasteiger partial charge in [0.15, 0.2) is 6.61 Å². The Hall–Kier alpha value is -1.66. The van der Waals surface area contributed by atoms with Crippen LogP contribution in [-0.2, 0) is 9.53 Å². The number of rotatable bonds is 4. The third-order valence-corrected chi connectivity index (χ3v) is 4.38. The quantitative estimate of drug-likeness (QED) is 0.833. The van der Waals surface area contributed by atoms with E-state index in [-0.39, 0.29) is 12.5 Å². The van der Waals surface area contributed by atoms with E-state index >= 15 is 0 Å². The van der Waals surface area contributed by atoms with E-state index in [0.29, 0.717) is 4.88 Å². The van der Waals surface area contributed by atoms with Gasteiger partial charge in [0, 0.05) is 5.69 Å². The molecule has 6 heteroatoms. The zero-order valence-electron chi connectivity index (χ0n) is 11.6. The number of thiophene rings is 1. The molecule has 4 nitrogen and oxygen atoms in total. The molecule has 1 heterocycles. The number of nitrogens with one attached hydrogen (secondary N) is 1. The highest BCUT2D eigenvalue weighted by Crippen LogP contribution is 2.22. The second-order valence-corrected chi connectivity index (χ2v) is 7.01. The predicted molar refractivity (Wildman–Crippen MR) is 86.8 cm³/mol. The maximum absolute atomic E-state index is 11.8. The van der Waals surface area contributed by atoms with Crippen LogP contribution >= 0.6 is 27.3 Å². The summed E-state index contributed by atoms with van der Waals surface area (Å²) in [6.45, 7) is 3.55. The average molecular weight is 368 g/mol. The summed E-state index contributed by atoms with van der Waals surface area (Å²) in [6.07, 6.45) is 0. The van der Waals surface area contributed by atoms with Crippen molar-refractivity contribution in [2.75, 3.05) is 11.9 Å². The van der Waals surface area contributed by atoms with Gasteiger partial charge in [0.1, 0.15) is 4.88 Å². The first-order valence-electron chi connectivity index (χ1n) is 6.25. The van der Waals surface area contributed by atoms with Crippen molar-refractivity contribution in [3.8, 4) is 0 Å². The van der Waals surface area contributed by atoms with Crippen LogP contribution in [0, 0.1) is 13.8 Å². The molecule has 0 radical (unpaired) electrons. The van der Waals surface area contributed by atoms with Crippen LogP contribution in [0.15, 0.2) is 34.1 Å². The number of carbonyl (C=O) groups excluding carboxylic acids is 2. The third-order valence-electron chi connectivity index (χ3n) is 2.78. The van der Waals surface area contributed by atoms with Gasteiger partial charge in [-0.2, -0.15) is 0 Å². The summed E-state index contributed by atoms with van der Waals surface area (Å²) in [6, 6.07) is 9.20. The van der Waals surface area contributed by atoms with Crippen LogP contribution in [0.1, 0.15) is 20.8 Å². The first kappa shape index (κ1) is 15.7. The van der Waals surface area contributed by atoms with Gasteiger partial charge >= 0.3 is 5.97 Å². The van der Waals surface area contributed by atoms with Crippen molar-refractivity contribution in [1.82, 2.24) is 0 Å². The molecule has 0 atom stereocenters. The van der Waals surface area contributed by atoms with Crippen LogP contribution in [-0.4, -0.2) is 18.5 Å². The van der Waals surface area contributed by atoms with E-state index in [0.717, 1.165) is 20.6 Å². The van der Waals surface area contributed by atoms with E-state index in [1.807, 2.05) is 32.0 Å². The molecule has 0 spiro atoms. The van der Waals surface area contributed by atoms with Crippen molar-refractivity contribution in [2.45, 2.75) is 13.8 Å². The fourth-order valence-corrected chi connectivity index (χ4v) is 2.96. The maximum atomic E-state index is 11.8. The van der Waals surface area contributed by atoms with Gasteiger partial charge in [-0.3, -0.25) is 4.79 Å². The topological polar surface area (TPSA) is 55.4 Å². The lowest BCUT2D eigenvalue weighted by Gasteiger charge is -2.09. The van der Waals surface area contributed by atoms with Crippen molar-refractivity contribution in [3.05, 3.63) is 50.1 Å². The highest BCUT2D eigenvalue weighted by Gasteiger charge is 2.13. The van der Waals surface area contributed by atoms with Gasteiger partial charge in [-0.05, 0) is 59.1 Å². The molecule has 2 rings (SSSR count). The predicted octanol–water partition coefficient (Wildman–Crippen LogP) is 3.92. The number of ether oxygens (including phenoxy) is 1. The molecule has 0 unspecified atom stereocenters. The van der Waals surface area contributed by atoms with E-state index in [9.17, 15) is 9.59 Å². The Kier molecular flexibility index (Phi) is 5.14. The largest absolute Gasteiger partial charge is 0.451 e. The summed E-state index contributed by atoms with van der Waals surface area (Å²) in [7, 11) is 0. The van der Waals surface area contributed by atoms with Gasteiger partial charge in [-0.15, -0.1) is 11.3 Å². The summed E-state index contributed by atoms with van der Waals surface area (Å²) in [5.74, 6) is -0.852. The Morgan fingerprint density at radius 2 is 2.00 bits per heavy atom. The molecule has 0 aliphatic carbocycles. The lowest BCUT2D eigenvalue weighted by atomic mass is 10.1. The highest BCUT2D eigenvalue weighted by molar-refractivity contribution is 9.11. The molecule has 0 saturated heterocycles. The van der Waals surface area contributed by atoms with Gasteiger partial charge in [-0.25, -0.2) is 4.79 Å². The van der Waals surface area contributed by atoms with Gasteiger partial charge in [0.2, 0.25) is 0 Å². The minimum absolute atomic E-state index is 0.304. The van der Waals surface area contributed by atoms with E-state index in [2.05, 4.69) is 21.2 Å². The molecule has 21 heavy (non-hydrogen) atoms. The monoisotopic (exact) mass is 367 g/mol. The van der Waals surface area contributed by atoms with Crippen LogP contribution in [0.3, 0.4) is 0 Å². The Labute approximate surface area is 135 Å². The Bertz CT molecular complexity index is 681. The molecular formula is C15H14BrNO3S. The van der Waals surface area contributed by atoms with E-state index < -0.39 is 5.97 Å². The summed E-state index contributed by atoms with van der Waals surface area (Å²) >= 11 is 4.54. The second kappa shape index (κ2) is 6.87. The molecule has 0 aliphatic heterocycles. The summed E-state index contributed by atoms with van der Waals surface area (Å²) in [5, 5.41) is 2.74. The zero-order chi connectivity index (χ0) is 15.4. The van der Waals surface area contributed by atoms with Crippen molar-refractivity contribution < 1.29 is 14.3 Å². The normalized spacial score (nSPS) is 10.2. The summed E-state index contributed by atoms with van der Waals surface area (Å²) in [4.78, 5) is 24.0. The van der Waals surface area contributed by atoms with E-state index in [1.54, 1.807) is 12.1 Å². The molecule has 1 N–H and O–H groups in total. The zero-order valence-corrected chi connectivity index (χ0v) is 14.0. The fraction of sp³-hybridized carbons (Fsp3) is 0.200. The molecule has 1 aromatic carbocycles.